The second kappa shape index (κ2) is 11.5. The van der Waals surface area contributed by atoms with Gasteiger partial charge in [-0.15, -0.1) is 0 Å². The third-order valence-corrected chi connectivity index (χ3v) is 5.90. The Morgan fingerprint density at radius 1 is 0.970 bits per heavy atom. The first kappa shape index (κ1) is 24.3. The van der Waals surface area contributed by atoms with Crippen molar-refractivity contribution in [3.05, 3.63) is 100 Å². The second-order valence-corrected chi connectivity index (χ2v) is 8.39. The highest BCUT2D eigenvalue weighted by molar-refractivity contribution is 6.30. The Balaban J connectivity index is 1.89. The molecule has 0 radical (unpaired) electrons. The van der Waals surface area contributed by atoms with E-state index in [0.29, 0.717) is 17.2 Å². The zero-order chi connectivity index (χ0) is 23.8. The van der Waals surface area contributed by atoms with Crippen molar-refractivity contribution >= 4 is 23.4 Å². The molecule has 0 aliphatic carbocycles. The molecule has 172 valence electrons. The lowest BCUT2D eigenvalue weighted by Crippen LogP contribution is -2.51. The van der Waals surface area contributed by atoms with Crippen molar-refractivity contribution < 1.29 is 14.3 Å². The van der Waals surface area contributed by atoms with E-state index in [1.165, 1.54) is 0 Å². The van der Waals surface area contributed by atoms with E-state index in [4.69, 9.17) is 16.3 Å². The largest absolute Gasteiger partial charge is 0.483 e. The van der Waals surface area contributed by atoms with Crippen molar-refractivity contribution in [2.24, 2.45) is 0 Å². The maximum absolute atomic E-state index is 13.4. The number of nitrogens with zero attached hydrogens (tertiary/aromatic N) is 1. The Morgan fingerprint density at radius 2 is 1.67 bits per heavy atom. The first-order valence-electron chi connectivity index (χ1n) is 10.9. The summed E-state index contributed by atoms with van der Waals surface area (Å²) in [5.41, 5.74) is 3.87. The molecule has 0 bridgehead atoms. The summed E-state index contributed by atoms with van der Waals surface area (Å²) < 4.78 is 5.89. The van der Waals surface area contributed by atoms with Gasteiger partial charge in [-0.2, -0.15) is 0 Å². The lowest BCUT2D eigenvalue weighted by Gasteiger charge is -2.31. The molecule has 1 atom stereocenters. The predicted molar refractivity (Wildman–Crippen MR) is 131 cm³/mol. The van der Waals surface area contributed by atoms with E-state index in [9.17, 15) is 9.59 Å². The van der Waals surface area contributed by atoms with Gasteiger partial charge in [-0.3, -0.25) is 9.59 Å². The number of ether oxygens (including phenoxy) is 1. The van der Waals surface area contributed by atoms with E-state index in [-0.39, 0.29) is 25.0 Å². The monoisotopic (exact) mass is 464 g/mol. The number of hydrogen-bond acceptors (Lipinski definition) is 3. The minimum absolute atomic E-state index is 0.173. The van der Waals surface area contributed by atoms with E-state index in [1.54, 1.807) is 24.1 Å². The lowest BCUT2D eigenvalue weighted by molar-refractivity contribution is -0.142. The number of carbonyl (C=O) groups is 2. The molecule has 0 spiro atoms. The van der Waals surface area contributed by atoms with Gasteiger partial charge in [0.2, 0.25) is 5.91 Å². The second-order valence-electron chi connectivity index (χ2n) is 7.96. The van der Waals surface area contributed by atoms with E-state index >= 15 is 0 Å². The SMILES string of the molecule is CNC(=O)[C@@H](Cc1ccccc1)N(Cc1cccc(Cl)c1)C(=O)COc1cccc(C)c1C. The molecule has 0 aromatic heterocycles. The fraction of sp³-hybridized carbons (Fsp3) is 0.259. The Bertz CT molecular complexity index is 1100. The van der Waals surface area contributed by atoms with E-state index in [2.05, 4.69) is 5.32 Å². The van der Waals surface area contributed by atoms with Crippen LogP contribution in [0.5, 0.6) is 5.75 Å². The molecule has 0 aliphatic heterocycles. The van der Waals surface area contributed by atoms with Crippen molar-refractivity contribution in [3.63, 3.8) is 0 Å². The molecule has 0 saturated carbocycles. The van der Waals surface area contributed by atoms with Crippen LogP contribution in [0.15, 0.2) is 72.8 Å². The molecule has 0 heterocycles. The molecular weight excluding hydrogens is 436 g/mol. The number of rotatable bonds is 9. The van der Waals surface area contributed by atoms with Gasteiger partial charge in [0.15, 0.2) is 6.61 Å². The van der Waals surface area contributed by atoms with Crippen molar-refractivity contribution in [2.45, 2.75) is 32.9 Å². The minimum atomic E-state index is -0.703. The van der Waals surface area contributed by atoms with Crippen molar-refractivity contribution in [3.8, 4) is 5.75 Å². The average Bonchev–Trinajstić information content (AvgIpc) is 2.82. The summed E-state index contributed by atoms with van der Waals surface area (Å²) in [6, 6.07) is 22.0. The fourth-order valence-electron chi connectivity index (χ4n) is 3.66. The minimum Gasteiger partial charge on any atom is -0.483 e. The van der Waals surface area contributed by atoms with Gasteiger partial charge >= 0.3 is 0 Å². The van der Waals surface area contributed by atoms with Gasteiger partial charge < -0.3 is 15.0 Å². The van der Waals surface area contributed by atoms with Gasteiger partial charge in [0.1, 0.15) is 11.8 Å². The fourth-order valence-corrected chi connectivity index (χ4v) is 3.87. The molecule has 3 aromatic rings. The predicted octanol–water partition coefficient (Wildman–Crippen LogP) is 4.72. The number of benzene rings is 3. The summed E-state index contributed by atoms with van der Waals surface area (Å²) in [5, 5.41) is 3.28. The number of carbonyl (C=O) groups excluding carboxylic acids is 2. The molecule has 0 unspecified atom stereocenters. The zero-order valence-electron chi connectivity index (χ0n) is 19.2. The van der Waals surface area contributed by atoms with E-state index < -0.39 is 6.04 Å². The Morgan fingerprint density at radius 3 is 2.36 bits per heavy atom. The van der Waals surface area contributed by atoms with Crippen LogP contribution in [-0.2, 0) is 22.6 Å². The van der Waals surface area contributed by atoms with E-state index in [1.807, 2.05) is 74.5 Å². The number of likely N-dealkylation sites (N-methyl/N-ethyl adjacent to an activating group) is 1. The number of halogens is 1. The molecule has 0 saturated heterocycles. The van der Waals surface area contributed by atoms with Gasteiger partial charge in [-0.05, 0) is 54.3 Å². The maximum Gasteiger partial charge on any atom is 0.261 e. The summed E-state index contributed by atoms with van der Waals surface area (Å²) in [4.78, 5) is 27.9. The van der Waals surface area contributed by atoms with Crippen LogP contribution in [-0.4, -0.2) is 36.4 Å². The summed E-state index contributed by atoms with van der Waals surface area (Å²) >= 11 is 6.17. The number of nitrogens with one attached hydrogen (secondary N) is 1. The van der Waals surface area contributed by atoms with Crippen LogP contribution >= 0.6 is 11.6 Å². The van der Waals surface area contributed by atoms with Gasteiger partial charge in [-0.25, -0.2) is 0 Å². The molecular formula is C27H29ClN2O3. The van der Waals surface area contributed by atoms with Crippen LogP contribution in [0, 0.1) is 13.8 Å². The van der Waals surface area contributed by atoms with Gasteiger partial charge in [-0.1, -0.05) is 66.2 Å². The number of hydrogen-bond donors (Lipinski definition) is 1. The molecule has 6 heteroatoms. The third-order valence-electron chi connectivity index (χ3n) is 5.67. The highest BCUT2D eigenvalue weighted by atomic mass is 35.5. The molecule has 2 amide bonds. The van der Waals surface area contributed by atoms with Crippen LogP contribution in [0.4, 0.5) is 0 Å². The van der Waals surface area contributed by atoms with Gasteiger partial charge in [0, 0.05) is 25.0 Å². The quantitative estimate of drug-likeness (QED) is 0.498. The summed E-state index contributed by atoms with van der Waals surface area (Å²) in [6.45, 7) is 4.02. The lowest BCUT2D eigenvalue weighted by atomic mass is 10.0. The Hall–Kier alpha value is -3.31. The van der Waals surface area contributed by atoms with Crippen molar-refractivity contribution in [1.82, 2.24) is 10.2 Å². The van der Waals surface area contributed by atoms with Crippen molar-refractivity contribution in [2.75, 3.05) is 13.7 Å². The molecule has 5 nitrogen and oxygen atoms in total. The van der Waals surface area contributed by atoms with Crippen molar-refractivity contribution in [1.29, 1.82) is 0 Å². The van der Waals surface area contributed by atoms with Gasteiger partial charge in [0.05, 0.1) is 0 Å². The highest BCUT2D eigenvalue weighted by Gasteiger charge is 2.30. The first-order chi connectivity index (χ1) is 15.9. The smallest absolute Gasteiger partial charge is 0.261 e. The standard InChI is InChI=1S/C27H29ClN2O3/c1-19-9-7-14-25(20(19)2)33-18-26(31)30(17-22-12-8-13-23(28)15-22)24(27(32)29-3)16-21-10-5-4-6-11-21/h4-15,24H,16-18H2,1-3H3,(H,29,32)/t24-/m1/s1. The van der Waals surface area contributed by atoms with Gasteiger partial charge in [0.25, 0.3) is 5.91 Å². The third kappa shape index (κ3) is 6.59. The summed E-state index contributed by atoms with van der Waals surface area (Å²) in [5.74, 6) is 0.145. The van der Waals surface area contributed by atoms with Crippen LogP contribution in [0.3, 0.4) is 0 Å². The Kier molecular flexibility index (Phi) is 8.50. The number of aryl methyl sites for hydroxylation is 1. The van der Waals surface area contributed by atoms with Crippen LogP contribution < -0.4 is 10.1 Å². The summed E-state index contributed by atoms with van der Waals surface area (Å²) in [6.07, 6.45) is 0.385. The van der Waals surface area contributed by atoms with Crippen LogP contribution in [0.25, 0.3) is 0 Å². The molecule has 3 aromatic carbocycles. The molecule has 33 heavy (non-hydrogen) atoms. The van der Waals surface area contributed by atoms with Crippen LogP contribution in [0.2, 0.25) is 5.02 Å². The number of amides is 2. The zero-order valence-corrected chi connectivity index (χ0v) is 19.9. The molecule has 1 N–H and O–H groups in total. The van der Waals surface area contributed by atoms with E-state index in [0.717, 1.165) is 22.3 Å². The first-order valence-corrected chi connectivity index (χ1v) is 11.2. The maximum atomic E-state index is 13.4. The molecule has 0 fully saturated rings. The van der Waals surface area contributed by atoms with Crippen LogP contribution in [0.1, 0.15) is 22.3 Å². The topological polar surface area (TPSA) is 58.6 Å². The highest BCUT2D eigenvalue weighted by Crippen LogP contribution is 2.22. The summed E-state index contributed by atoms with van der Waals surface area (Å²) in [7, 11) is 1.58. The average molecular weight is 465 g/mol. The Labute approximate surface area is 200 Å². The molecule has 0 aliphatic rings. The molecule has 3 rings (SSSR count). The normalized spacial score (nSPS) is 11.5.